The van der Waals surface area contributed by atoms with Gasteiger partial charge in [0.05, 0.1) is 12.4 Å². The van der Waals surface area contributed by atoms with Gasteiger partial charge in [-0.25, -0.2) is 9.97 Å². The number of amides is 1. The van der Waals surface area contributed by atoms with Crippen LogP contribution in [0, 0.1) is 6.92 Å². The summed E-state index contributed by atoms with van der Waals surface area (Å²) >= 11 is 0. The van der Waals surface area contributed by atoms with Crippen LogP contribution in [-0.2, 0) is 6.42 Å². The maximum absolute atomic E-state index is 12.9. The summed E-state index contributed by atoms with van der Waals surface area (Å²) < 4.78 is 0. The number of para-hydroxylation sites is 1. The Labute approximate surface area is 152 Å². The largest absolute Gasteiger partial charge is 0.339 e. The Morgan fingerprint density at radius 3 is 2.73 bits per heavy atom. The fourth-order valence-corrected chi connectivity index (χ4v) is 3.37. The summed E-state index contributed by atoms with van der Waals surface area (Å²) in [5.41, 5.74) is 4.62. The molecule has 4 rings (SSSR count). The van der Waals surface area contributed by atoms with Crippen LogP contribution in [0.25, 0.3) is 0 Å². The minimum Gasteiger partial charge on any atom is -0.339 e. The molecule has 1 aliphatic rings. The summed E-state index contributed by atoms with van der Waals surface area (Å²) in [4.78, 5) is 23.4. The van der Waals surface area contributed by atoms with Crippen molar-refractivity contribution in [3.63, 3.8) is 0 Å². The number of anilines is 3. The molecule has 26 heavy (non-hydrogen) atoms. The highest BCUT2D eigenvalue weighted by molar-refractivity contribution is 6.06. The van der Waals surface area contributed by atoms with Crippen molar-refractivity contribution in [1.29, 1.82) is 0 Å². The summed E-state index contributed by atoms with van der Waals surface area (Å²) in [7, 11) is 0. The van der Waals surface area contributed by atoms with E-state index in [4.69, 9.17) is 0 Å². The molecule has 0 radical (unpaired) electrons. The molecular weight excluding hydrogens is 324 g/mol. The number of aryl methyl sites for hydroxylation is 1. The van der Waals surface area contributed by atoms with Crippen molar-refractivity contribution in [2.75, 3.05) is 10.2 Å². The Hall–Kier alpha value is -3.21. The zero-order chi connectivity index (χ0) is 18.1. The topological polar surface area (TPSA) is 58.1 Å². The molecule has 1 aromatic heterocycles. The second-order valence-electron chi connectivity index (χ2n) is 6.64. The van der Waals surface area contributed by atoms with Gasteiger partial charge in [-0.05, 0) is 49.6 Å². The van der Waals surface area contributed by atoms with Gasteiger partial charge in [0.15, 0.2) is 0 Å². The van der Waals surface area contributed by atoms with Crippen molar-refractivity contribution in [3.8, 4) is 0 Å². The molecule has 1 unspecified atom stereocenters. The number of hydrogen-bond donors (Lipinski definition) is 1. The van der Waals surface area contributed by atoms with E-state index in [2.05, 4.69) is 28.3 Å². The Balaban J connectivity index is 1.54. The molecule has 5 nitrogen and oxygen atoms in total. The van der Waals surface area contributed by atoms with E-state index in [1.165, 1.54) is 11.8 Å². The van der Waals surface area contributed by atoms with Crippen LogP contribution in [0.1, 0.15) is 28.5 Å². The first-order valence-electron chi connectivity index (χ1n) is 8.69. The molecule has 0 bridgehead atoms. The number of aromatic nitrogens is 2. The highest BCUT2D eigenvalue weighted by Crippen LogP contribution is 2.32. The van der Waals surface area contributed by atoms with Crippen molar-refractivity contribution in [1.82, 2.24) is 9.97 Å². The molecule has 0 fully saturated rings. The van der Waals surface area contributed by atoms with Gasteiger partial charge < -0.3 is 10.2 Å². The van der Waals surface area contributed by atoms with Crippen molar-refractivity contribution < 1.29 is 4.79 Å². The standard InChI is InChI=1S/C21H20N4O/c1-14-6-5-8-17(10-14)24-20-13-22-18(12-23-20)21(26)25-15(2)11-16-7-3-4-9-19(16)25/h3-10,12-13,15H,11H2,1-2H3,(H,23,24). The van der Waals surface area contributed by atoms with E-state index in [1.54, 1.807) is 6.20 Å². The molecule has 3 aromatic rings. The van der Waals surface area contributed by atoms with Crippen LogP contribution in [0.5, 0.6) is 0 Å². The lowest BCUT2D eigenvalue weighted by molar-refractivity contribution is 0.0976. The second-order valence-corrected chi connectivity index (χ2v) is 6.64. The summed E-state index contributed by atoms with van der Waals surface area (Å²) in [5.74, 6) is 0.499. The molecule has 1 amide bonds. The Morgan fingerprint density at radius 2 is 1.96 bits per heavy atom. The number of carbonyl (C=O) groups is 1. The average molecular weight is 344 g/mol. The number of nitrogens with one attached hydrogen (secondary N) is 1. The fraction of sp³-hybridized carbons (Fsp3) is 0.190. The minimum atomic E-state index is -0.114. The first kappa shape index (κ1) is 16.3. The van der Waals surface area contributed by atoms with Crippen LogP contribution in [-0.4, -0.2) is 21.9 Å². The Morgan fingerprint density at radius 1 is 1.12 bits per heavy atom. The molecule has 1 N–H and O–H groups in total. The highest BCUT2D eigenvalue weighted by atomic mass is 16.2. The van der Waals surface area contributed by atoms with Gasteiger partial charge in [0.25, 0.3) is 5.91 Å². The normalized spacial score (nSPS) is 15.6. The zero-order valence-corrected chi connectivity index (χ0v) is 14.8. The van der Waals surface area contributed by atoms with Gasteiger partial charge in [-0.2, -0.15) is 0 Å². The predicted octanol–water partition coefficient (Wildman–Crippen LogP) is 4.12. The molecule has 0 spiro atoms. The van der Waals surface area contributed by atoms with Crippen molar-refractivity contribution in [2.45, 2.75) is 26.3 Å². The van der Waals surface area contributed by atoms with Crippen LogP contribution in [0.15, 0.2) is 60.9 Å². The van der Waals surface area contributed by atoms with Gasteiger partial charge in [-0.15, -0.1) is 0 Å². The molecular formula is C21H20N4O. The third-order valence-corrected chi connectivity index (χ3v) is 4.59. The van der Waals surface area contributed by atoms with Crippen LogP contribution >= 0.6 is 0 Å². The van der Waals surface area contributed by atoms with Crippen molar-refractivity contribution in [3.05, 3.63) is 77.7 Å². The average Bonchev–Trinajstić information content (AvgIpc) is 2.97. The van der Waals surface area contributed by atoms with Crippen LogP contribution < -0.4 is 10.2 Å². The molecule has 130 valence electrons. The third kappa shape index (κ3) is 3.04. The molecule has 1 atom stereocenters. The minimum absolute atomic E-state index is 0.114. The number of benzene rings is 2. The molecule has 0 aliphatic carbocycles. The van der Waals surface area contributed by atoms with E-state index in [9.17, 15) is 4.79 Å². The zero-order valence-electron chi connectivity index (χ0n) is 14.8. The number of hydrogen-bond acceptors (Lipinski definition) is 4. The number of carbonyl (C=O) groups excluding carboxylic acids is 1. The third-order valence-electron chi connectivity index (χ3n) is 4.59. The molecule has 0 saturated heterocycles. The van der Waals surface area contributed by atoms with Gasteiger partial charge >= 0.3 is 0 Å². The SMILES string of the molecule is Cc1cccc(Nc2cnc(C(=O)N3c4ccccc4CC3C)cn2)c1. The monoisotopic (exact) mass is 344 g/mol. The first-order valence-corrected chi connectivity index (χ1v) is 8.69. The molecule has 5 heteroatoms. The number of fused-ring (bicyclic) bond motifs is 1. The Kier molecular flexibility index (Phi) is 4.13. The van der Waals surface area contributed by atoms with Crippen LogP contribution in [0.2, 0.25) is 0 Å². The van der Waals surface area contributed by atoms with E-state index >= 15 is 0 Å². The van der Waals surface area contributed by atoms with E-state index in [0.29, 0.717) is 11.5 Å². The van der Waals surface area contributed by atoms with E-state index in [0.717, 1.165) is 23.4 Å². The summed E-state index contributed by atoms with van der Waals surface area (Å²) in [6.45, 7) is 4.09. The fourth-order valence-electron chi connectivity index (χ4n) is 3.37. The van der Waals surface area contributed by atoms with E-state index < -0.39 is 0 Å². The van der Waals surface area contributed by atoms with Gasteiger partial charge in [-0.1, -0.05) is 30.3 Å². The second kappa shape index (κ2) is 6.59. The Bertz CT molecular complexity index is 952. The molecule has 2 heterocycles. The highest BCUT2D eigenvalue weighted by Gasteiger charge is 2.31. The van der Waals surface area contributed by atoms with Crippen molar-refractivity contribution in [2.24, 2.45) is 0 Å². The van der Waals surface area contributed by atoms with Gasteiger partial charge in [0.1, 0.15) is 11.5 Å². The number of nitrogens with zero attached hydrogens (tertiary/aromatic N) is 3. The van der Waals surface area contributed by atoms with E-state index in [-0.39, 0.29) is 11.9 Å². The van der Waals surface area contributed by atoms with Crippen LogP contribution in [0.3, 0.4) is 0 Å². The first-order chi connectivity index (χ1) is 12.6. The molecule has 2 aromatic carbocycles. The quantitative estimate of drug-likeness (QED) is 0.776. The predicted molar refractivity (Wildman–Crippen MR) is 103 cm³/mol. The molecule has 0 saturated carbocycles. The van der Waals surface area contributed by atoms with Gasteiger partial charge in [-0.3, -0.25) is 4.79 Å². The maximum Gasteiger partial charge on any atom is 0.278 e. The summed E-state index contributed by atoms with van der Waals surface area (Å²) in [6, 6.07) is 16.1. The smallest absolute Gasteiger partial charge is 0.278 e. The maximum atomic E-state index is 12.9. The van der Waals surface area contributed by atoms with Crippen LogP contribution in [0.4, 0.5) is 17.2 Å². The van der Waals surface area contributed by atoms with Crippen molar-refractivity contribution >= 4 is 23.1 Å². The summed E-state index contributed by atoms with van der Waals surface area (Å²) in [6.07, 6.45) is 4.00. The van der Waals surface area contributed by atoms with Gasteiger partial charge in [0, 0.05) is 17.4 Å². The lowest BCUT2D eigenvalue weighted by Gasteiger charge is -2.22. The summed E-state index contributed by atoms with van der Waals surface area (Å²) in [5, 5.41) is 3.21. The lowest BCUT2D eigenvalue weighted by Crippen LogP contribution is -2.36. The number of rotatable bonds is 3. The van der Waals surface area contributed by atoms with Gasteiger partial charge in [0.2, 0.25) is 0 Å². The van der Waals surface area contributed by atoms with E-state index in [1.807, 2.05) is 54.3 Å². The molecule has 1 aliphatic heterocycles. The lowest BCUT2D eigenvalue weighted by atomic mass is 10.1.